The first-order valence-electron chi connectivity index (χ1n) is 14.5. The van der Waals surface area contributed by atoms with Crippen molar-refractivity contribution in [2.75, 3.05) is 60.0 Å². The Morgan fingerprint density at radius 2 is 1.62 bits per heavy atom. The third-order valence-electron chi connectivity index (χ3n) is 7.37. The molecular weight excluding hydrogens is 511 g/mol. The molecule has 2 aromatic rings. The highest BCUT2D eigenvalue weighted by molar-refractivity contribution is 5.97. The van der Waals surface area contributed by atoms with Crippen LogP contribution in [0.1, 0.15) is 61.4 Å². The van der Waals surface area contributed by atoms with Gasteiger partial charge in [-0.3, -0.25) is 9.69 Å². The van der Waals surface area contributed by atoms with Crippen molar-refractivity contribution in [2.24, 2.45) is 0 Å². The first-order valence-corrected chi connectivity index (χ1v) is 14.5. The lowest BCUT2D eigenvalue weighted by atomic mass is 10.1. The molecule has 0 aliphatic carbocycles. The second-order valence-electron chi connectivity index (χ2n) is 10.2. The summed E-state index contributed by atoms with van der Waals surface area (Å²) < 4.78 is 24.1. The van der Waals surface area contributed by atoms with Crippen molar-refractivity contribution in [1.82, 2.24) is 20.0 Å². The van der Waals surface area contributed by atoms with Crippen LogP contribution in [0.3, 0.4) is 0 Å². The van der Waals surface area contributed by atoms with Gasteiger partial charge in [0.15, 0.2) is 0 Å². The summed E-state index contributed by atoms with van der Waals surface area (Å²) in [6, 6.07) is 11.4. The quantitative estimate of drug-likeness (QED) is 0.306. The summed E-state index contributed by atoms with van der Waals surface area (Å²) in [4.78, 5) is 32.1. The highest BCUT2D eigenvalue weighted by Gasteiger charge is 2.25. The van der Waals surface area contributed by atoms with Crippen LogP contribution in [-0.4, -0.2) is 86.7 Å². The second kappa shape index (κ2) is 16.7. The fraction of sp³-hybridized carbons (Fsp3) is 0.548. The van der Waals surface area contributed by atoms with E-state index in [1.807, 2.05) is 4.90 Å². The van der Waals surface area contributed by atoms with Crippen LogP contribution < -0.4 is 14.8 Å². The third-order valence-corrected chi connectivity index (χ3v) is 7.37. The molecule has 1 heterocycles. The molecule has 1 saturated heterocycles. The van der Waals surface area contributed by atoms with Gasteiger partial charge in [-0.1, -0.05) is 51.2 Å². The van der Waals surface area contributed by atoms with E-state index >= 15 is 0 Å². The van der Waals surface area contributed by atoms with Crippen LogP contribution in [0.2, 0.25) is 0 Å². The zero-order valence-electron chi connectivity index (χ0n) is 24.3. The van der Waals surface area contributed by atoms with Gasteiger partial charge in [0.05, 0.1) is 19.8 Å². The van der Waals surface area contributed by atoms with Crippen LogP contribution in [0.5, 0.6) is 11.5 Å². The summed E-state index contributed by atoms with van der Waals surface area (Å²) in [5.41, 5.74) is 1.41. The molecule has 8 nitrogen and oxygen atoms in total. The van der Waals surface area contributed by atoms with Gasteiger partial charge < -0.3 is 24.6 Å². The van der Waals surface area contributed by atoms with Crippen molar-refractivity contribution in [3.8, 4) is 11.5 Å². The molecule has 1 aliphatic heterocycles. The van der Waals surface area contributed by atoms with Crippen LogP contribution in [0.4, 0.5) is 9.18 Å². The highest BCUT2D eigenvalue weighted by atomic mass is 19.1. The molecule has 3 rings (SSSR count). The van der Waals surface area contributed by atoms with Crippen LogP contribution in [0.25, 0.3) is 0 Å². The molecule has 9 heteroatoms. The number of ether oxygens (including phenoxy) is 2. The lowest BCUT2D eigenvalue weighted by molar-refractivity contribution is 0.0624. The first kappa shape index (κ1) is 31.2. The molecule has 0 spiro atoms. The lowest BCUT2D eigenvalue weighted by Gasteiger charge is -2.36. The summed E-state index contributed by atoms with van der Waals surface area (Å²) >= 11 is 0. The number of nitrogens with one attached hydrogen (secondary N) is 1. The molecule has 0 radical (unpaired) electrons. The van der Waals surface area contributed by atoms with Crippen LogP contribution >= 0.6 is 0 Å². The van der Waals surface area contributed by atoms with Gasteiger partial charge >= 0.3 is 6.03 Å². The minimum absolute atomic E-state index is 0.0637. The Balaban J connectivity index is 1.51. The molecule has 220 valence electrons. The monoisotopic (exact) mass is 556 g/mol. The molecule has 2 aromatic carbocycles. The van der Waals surface area contributed by atoms with Crippen molar-refractivity contribution in [2.45, 2.75) is 52.0 Å². The van der Waals surface area contributed by atoms with Gasteiger partial charge in [0.25, 0.3) is 5.91 Å². The molecule has 40 heavy (non-hydrogen) atoms. The van der Waals surface area contributed by atoms with Crippen LogP contribution in [0, 0.1) is 5.82 Å². The van der Waals surface area contributed by atoms with Crippen molar-refractivity contribution in [3.05, 3.63) is 59.4 Å². The maximum Gasteiger partial charge on any atom is 0.317 e. The fourth-order valence-corrected chi connectivity index (χ4v) is 4.86. The molecule has 1 fully saturated rings. The third kappa shape index (κ3) is 9.70. The zero-order valence-corrected chi connectivity index (χ0v) is 24.3. The molecule has 1 N–H and O–H groups in total. The Hall–Kier alpha value is -3.33. The zero-order chi connectivity index (χ0) is 28.7. The van der Waals surface area contributed by atoms with Gasteiger partial charge in [0, 0.05) is 58.4 Å². The molecular formula is C31H45FN4O4. The minimum atomic E-state index is -0.289. The average molecular weight is 557 g/mol. The maximum atomic E-state index is 13.4. The van der Waals surface area contributed by atoms with Gasteiger partial charge in [-0.05, 0) is 36.2 Å². The van der Waals surface area contributed by atoms with Gasteiger partial charge in [0.2, 0.25) is 0 Å². The summed E-state index contributed by atoms with van der Waals surface area (Å²) in [6.45, 7) is 7.13. The molecule has 0 unspecified atom stereocenters. The fourth-order valence-electron chi connectivity index (χ4n) is 4.86. The van der Waals surface area contributed by atoms with Crippen molar-refractivity contribution in [3.63, 3.8) is 0 Å². The number of hydrogen-bond acceptors (Lipinski definition) is 5. The number of carbonyl (C=O) groups excluding carboxylic acids is 2. The highest BCUT2D eigenvalue weighted by Crippen LogP contribution is 2.26. The Bertz CT molecular complexity index is 1060. The number of halogens is 1. The molecule has 0 saturated carbocycles. The summed E-state index contributed by atoms with van der Waals surface area (Å²) in [5, 5.41) is 3.07. The SMILES string of the molecule is CCCCCCCCNC(=O)N(CCN1CCN(C(=O)c2ccc(OC)cc2OC)CC1)Cc1ccc(F)cc1. The number of amides is 3. The number of carbonyl (C=O) groups is 2. The van der Waals surface area contributed by atoms with E-state index in [1.165, 1.54) is 37.8 Å². The number of unbranched alkanes of at least 4 members (excludes halogenated alkanes) is 5. The van der Waals surface area contributed by atoms with Gasteiger partial charge in [0.1, 0.15) is 17.3 Å². The normalized spacial score (nSPS) is 13.7. The Labute approximate surface area is 238 Å². The van der Waals surface area contributed by atoms with E-state index in [2.05, 4.69) is 17.1 Å². The number of hydrogen-bond donors (Lipinski definition) is 1. The van der Waals surface area contributed by atoms with Gasteiger partial charge in [-0.2, -0.15) is 0 Å². The lowest BCUT2D eigenvalue weighted by Crippen LogP contribution is -2.51. The first-order chi connectivity index (χ1) is 19.4. The number of piperazine rings is 1. The van der Waals surface area contributed by atoms with E-state index in [1.54, 1.807) is 49.5 Å². The predicted octanol–water partition coefficient (Wildman–Crippen LogP) is 5.17. The summed E-state index contributed by atoms with van der Waals surface area (Å²) in [5.74, 6) is 0.781. The smallest absolute Gasteiger partial charge is 0.317 e. The number of urea groups is 1. The van der Waals surface area contributed by atoms with E-state index < -0.39 is 0 Å². The molecule has 0 bridgehead atoms. The predicted molar refractivity (Wildman–Crippen MR) is 155 cm³/mol. The average Bonchev–Trinajstić information content (AvgIpc) is 2.99. The van der Waals surface area contributed by atoms with E-state index in [4.69, 9.17) is 9.47 Å². The Morgan fingerprint density at radius 3 is 2.30 bits per heavy atom. The molecule has 1 aliphatic rings. The minimum Gasteiger partial charge on any atom is -0.497 e. The molecule has 0 aromatic heterocycles. The van der Waals surface area contributed by atoms with E-state index in [0.29, 0.717) is 69.4 Å². The summed E-state index contributed by atoms with van der Waals surface area (Å²) in [7, 11) is 3.13. The van der Waals surface area contributed by atoms with E-state index in [9.17, 15) is 14.0 Å². The van der Waals surface area contributed by atoms with Crippen LogP contribution in [0.15, 0.2) is 42.5 Å². The van der Waals surface area contributed by atoms with E-state index in [-0.39, 0.29) is 17.8 Å². The number of nitrogens with zero attached hydrogens (tertiary/aromatic N) is 3. The van der Waals surface area contributed by atoms with Crippen molar-refractivity contribution in [1.29, 1.82) is 0 Å². The van der Waals surface area contributed by atoms with Crippen molar-refractivity contribution >= 4 is 11.9 Å². The van der Waals surface area contributed by atoms with Gasteiger partial charge in [-0.25, -0.2) is 9.18 Å². The largest absolute Gasteiger partial charge is 0.497 e. The van der Waals surface area contributed by atoms with E-state index in [0.717, 1.165) is 18.4 Å². The molecule has 3 amide bonds. The van der Waals surface area contributed by atoms with Gasteiger partial charge in [-0.15, -0.1) is 0 Å². The van der Waals surface area contributed by atoms with Crippen molar-refractivity contribution < 1.29 is 23.5 Å². The Kier molecular flexibility index (Phi) is 13.0. The number of benzene rings is 2. The number of rotatable bonds is 15. The second-order valence-corrected chi connectivity index (χ2v) is 10.2. The topological polar surface area (TPSA) is 74.4 Å². The summed E-state index contributed by atoms with van der Waals surface area (Å²) in [6.07, 6.45) is 7.00. The van der Waals surface area contributed by atoms with Crippen LogP contribution in [-0.2, 0) is 6.54 Å². The maximum absolute atomic E-state index is 13.4. The molecule has 0 atom stereocenters. The Morgan fingerprint density at radius 1 is 0.925 bits per heavy atom. The number of methoxy groups -OCH3 is 2. The standard InChI is InChI=1S/C31H45FN4O4/c1-4-5-6-7-8-9-16-33-31(38)36(24-25-10-12-26(32)13-11-25)22-19-34-17-20-35(21-18-34)30(37)28-15-14-27(39-2)23-29(28)40-3/h10-15,23H,4-9,16-22,24H2,1-3H3,(H,33,38).